The van der Waals surface area contributed by atoms with Gasteiger partial charge in [0.25, 0.3) is 0 Å². The van der Waals surface area contributed by atoms with Gasteiger partial charge in [0.1, 0.15) is 41.2 Å². The molecule has 7 rings (SSSR count). The summed E-state index contributed by atoms with van der Waals surface area (Å²) in [6.07, 6.45) is 5.24. The molecule has 3 atom stereocenters. The Bertz CT molecular complexity index is 1720. The van der Waals surface area contributed by atoms with Crippen molar-refractivity contribution >= 4 is 22.8 Å². The van der Waals surface area contributed by atoms with Gasteiger partial charge in [0, 0.05) is 58.0 Å². The van der Waals surface area contributed by atoms with Gasteiger partial charge in [0.2, 0.25) is 0 Å². The molecule has 1 amide bonds. The first-order valence-corrected chi connectivity index (χ1v) is 17.3. The average molecular weight is 681 g/mol. The molecule has 1 aromatic carbocycles. The number of likely N-dealkylation sites (tertiary alicyclic amines) is 1. The third-order valence-electron chi connectivity index (χ3n) is 10.2. The van der Waals surface area contributed by atoms with Gasteiger partial charge in [0.05, 0.1) is 10.9 Å². The van der Waals surface area contributed by atoms with Gasteiger partial charge in [-0.15, -0.1) is 0 Å². The number of anilines is 1. The number of alkyl halides is 1. The Balaban J connectivity index is 1.26. The lowest BCUT2D eigenvalue weighted by molar-refractivity contribution is 0.0292. The van der Waals surface area contributed by atoms with Crippen molar-refractivity contribution in [3.05, 3.63) is 35.8 Å². The first kappa shape index (κ1) is 33.6. The summed E-state index contributed by atoms with van der Waals surface area (Å²) in [5, 5.41) is 0.428. The highest BCUT2D eigenvalue weighted by Gasteiger charge is 2.49. The number of carbonyl (C=O) groups is 1. The average Bonchev–Trinajstić information content (AvgIpc) is 3.51. The van der Waals surface area contributed by atoms with E-state index in [4.69, 9.17) is 23.9 Å². The Kier molecular flexibility index (Phi) is 9.01. The summed E-state index contributed by atoms with van der Waals surface area (Å²) in [6, 6.07) is 5.55. The zero-order valence-electron chi connectivity index (χ0n) is 29.0. The monoisotopic (exact) mass is 680 g/mol. The van der Waals surface area contributed by atoms with Crippen LogP contribution < -0.4 is 14.4 Å². The van der Waals surface area contributed by atoms with E-state index >= 15 is 4.39 Å². The second-order valence-corrected chi connectivity index (χ2v) is 14.9. The molecule has 4 fully saturated rings. The number of pyridine rings is 1. The molecular weight excluding hydrogens is 634 g/mol. The number of benzene rings is 1. The number of hydrogen-bond acceptors (Lipinski definition) is 10. The third-order valence-corrected chi connectivity index (χ3v) is 10.2. The molecule has 13 heteroatoms. The standard InChI is InChI=1S/C36H46F2N6O5/c1-35(2,3)49-34(45)43-14-11-24(19-43)42(4)32-28-17-39-30(27-15-25(48-21-46-5)9-10-26(27)22-7-8-22)29(38)31(28)40-33(41-32)47-20-36-12-6-13-44(36)18-23(37)16-36/h9-10,15,17,22-24H,6-8,11-14,16,18-21H2,1-5H3/t23-,24-,36+/m1/s1. The van der Waals surface area contributed by atoms with Crippen molar-refractivity contribution < 1.29 is 32.5 Å². The highest BCUT2D eigenvalue weighted by atomic mass is 19.1. The fourth-order valence-electron chi connectivity index (χ4n) is 7.62. The first-order chi connectivity index (χ1) is 23.4. The molecule has 1 aliphatic carbocycles. The van der Waals surface area contributed by atoms with Crippen LogP contribution in [0, 0.1) is 5.82 Å². The fourth-order valence-corrected chi connectivity index (χ4v) is 7.62. The van der Waals surface area contributed by atoms with Crippen molar-refractivity contribution in [3.63, 3.8) is 0 Å². The molecule has 0 radical (unpaired) electrons. The maximum Gasteiger partial charge on any atom is 0.410 e. The van der Waals surface area contributed by atoms with Crippen molar-refractivity contribution in [1.82, 2.24) is 24.8 Å². The molecule has 2 aromatic heterocycles. The molecule has 11 nitrogen and oxygen atoms in total. The Labute approximate surface area is 285 Å². The van der Waals surface area contributed by atoms with Crippen LogP contribution in [0.25, 0.3) is 22.2 Å². The van der Waals surface area contributed by atoms with E-state index in [1.165, 1.54) is 0 Å². The maximum absolute atomic E-state index is 16.9. The predicted molar refractivity (Wildman–Crippen MR) is 180 cm³/mol. The van der Waals surface area contributed by atoms with E-state index in [0.29, 0.717) is 60.9 Å². The van der Waals surface area contributed by atoms with Crippen LogP contribution in [0.2, 0.25) is 0 Å². The number of aromatic nitrogens is 3. The molecule has 0 unspecified atom stereocenters. The Morgan fingerprint density at radius 3 is 2.69 bits per heavy atom. The Morgan fingerprint density at radius 2 is 1.94 bits per heavy atom. The van der Waals surface area contributed by atoms with Gasteiger partial charge >= 0.3 is 12.1 Å². The normalized spacial score (nSPS) is 24.0. The lowest BCUT2D eigenvalue weighted by Crippen LogP contribution is -2.43. The number of nitrogens with zero attached hydrogens (tertiary/aromatic N) is 6. The second kappa shape index (κ2) is 13.1. The molecule has 0 spiro atoms. The first-order valence-electron chi connectivity index (χ1n) is 17.3. The molecule has 3 saturated heterocycles. The molecule has 264 valence electrons. The summed E-state index contributed by atoms with van der Waals surface area (Å²) in [5.74, 6) is 0.735. The fraction of sp³-hybridized carbons (Fsp3) is 0.611. The van der Waals surface area contributed by atoms with Crippen LogP contribution in [0.3, 0.4) is 0 Å². The number of fused-ring (bicyclic) bond motifs is 2. The summed E-state index contributed by atoms with van der Waals surface area (Å²) < 4.78 is 54.2. The number of hydrogen-bond donors (Lipinski definition) is 0. The molecular formula is C36H46F2N6O5. The quantitative estimate of drug-likeness (QED) is 0.234. The van der Waals surface area contributed by atoms with Crippen molar-refractivity contribution in [2.75, 3.05) is 58.6 Å². The molecule has 0 bridgehead atoms. The van der Waals surface area contributed by atoms with E-state index in [2.05, 4.69) is 14.9 Å². The van der Waals surface area contributed by atoms with Crippen LogP contribution in [-0.2, 0) is 9.47 Å². The van der Waals surface area contributed by atoms with Gasteiger partial charge in [0.15, 0.2) is 12.6 Å². The van der Waals surface area contributed by atoms with E-state index in [1.54, 1.807) is 24.3 Å². The summed E-state index contributed by atoms with van der Waals surface area (Å²) in [4.78, 5) is 32.8. The molecule has 0 N–H and O–H groups in total. The van der Waals surface area contributed by atoms with E-state index in [-0.39, 0.29) is 42.8 Å². The predicted octanol–water partition coefficient (Wildman–Crippen LogP) is 6.09. The molecule has 3 aliphatic heterocycles. The highest BCUT2D eigenvalue weighted by Crippen LogP contribution is 2.46. The Hall–Kier alpha value is -3.84. The number of halogens is 2. The Morgan fingerprint density at radius 1 is 1.12 bits per heavy atom. The number of rotatable bonds is 10. The van der Waals surface area contributed by atoms with Crippen molar-refractivity contribution in [3.8, 4) is 23.0 Å². The number of ether oxygens (including phenoxy) is 4. The van der Waals surface area contributed by atoms with Crippen LogP contribution in [0.15, 0.2) is 24.4 Å². The summed E-state index contributed by atoms with van der Waals surface area (Å²) in [7, 11) is 3.43. The molecule has 4 aliphatic rings. The van der Waals surface area contributed by atoms with Crippen LogP contribution in [0.4, 0.5) is 19.4 Å². The van der Waals surface area contributed by atoms with E-state index in [0.717, 1.165) is 37.8 Å². The molecule has 1 saturated carbocycles. The van der Waals surface area contributed by atoms with Crippen LogP contribution in [-0.4, -0.2) is 108 Å². The van der Waals surface area contributed by atoms with Crippen molar-refractivity contribution in [2.24, 2.45) is 0 Å². The SMILES string of the molecule is COCOc1ccc(C2CC2)c(-c2ncc3c(N(C)[C@@H]4CCN(C(=O)OC(C)(C)C)C4)nc(OC[C@@]45CCCN4C[C@H](F)C5)nc3c2F)c1. The van der Waals surface area contributed by atoms with Crippen LogP contribution >= 0.6 is 0 Å². The molecule has 5 heterocycles. The largest absolute Gasteiger partial charge is 0.468 e. The van der Waals surface area contributed by atoms with Crippen molar-refractivity contribution in [1.29, 1.82) is 0 Å². The lowest BCUT2D eigenvalue weighted by Gasteiger charge is -2.31. The van der Waals surface area contributed by atoms with Crippen LogP contribution in [0.1, 0.15) is 70.8 Å². The third kappa shape index (κ3) is 6.84. The number of amides is 1. The van der Waals surface area contributed by atoms with Gasteiger partial charge < -0.3 is 28.7 Å². The minimum Gasteiger partial charge on any atom is -0.468 e. The van der Waals surface area contributed by atoms with Crippen LogP contribution in [0.5, 0.6) is 11.8 Å². The summed E-state index contributed by atoms with van der Waals surface area (Å²) in [5.41, 5.74) is 0.877. The van der Waals surface area contributed by atoms with E-state index < -0.39 is 23.1 Å². The zero-order chi connectivity index (χ0) is 34.5. The van der Waals surface area contributed by atoms with Gasteiger partial charge in [-0.25, -0.2) is 13.6 Å². The van der Waals surface area contributed by atoms with Gasteiger partial charge in [-0.1, -0.05) is 6.07 Å². The molecule has 3 aromatic rings. The number of likely N-dealkylation sites (N-methyl/N-ethyl adjacent to an activating group) is 1. The van der Waals surface area contributed by atoms with Gasteiger partial charge in [-0.05, 0) is 83.0 Å². The van der Waals surface area contributed by atoms with Gasteiger partial charge in [-0.2, -0.15) is 9.97 Å². The lowest BCUT2D eigenvalue weighted by atomic mass is 9.95. The second-order valence-electron chi connectivity index (χ2n) is 14.9. The maximum atomic E-state index is 16.9. The summed E-state index contributed by atoms with van der Waals surface area (Å²) >= 11 is 0. The van der Waals surface area contributed by atoms with E-state index in [1.807, 2.05) is 44.9 Å². The smallest absolute Gasteiger partial charge is 0.410 e. The van der Waals surface area contributed by atoms with E-state index in [9.17, 15) is 9.18 Å². The zero-order valence-corrected chi connectivity index (χ0v) is 29.0. The minimum atomic E-state index is -0.909. The topological polar surface area (TPSA) is 102 Å². The minimum absolute atomic E-state index is 0.0236. The molecule has 49 heavy (non-hydrogen) atoms. The number of carbonyl (C=O) groups excluding carboxylic acids is 1. The van der Waals surface area contributed by atoms with Crippen molar-refractivity contribution in [2.45, 2.75) is 88.6 Å². The van der Waals surface area contributed by atoms with Gasteiger partial charge in [-0.3, -0.25) is 9.88 Å². The highest BCUT2D eigenvalue weighted by molar-refractivity contribution is 5.92. The number of methoxy groups -OCH3 is 1. The summed E-state index contributed by atoms with van der Waals surface area (Å²) in [6.45, 7) is 7.95.